The molecule has 1 aromatic rings. The minimum absolute atomic E-state index is 0.896. The Labute approximate surface area is 83.5 Å². The summed E-state index contributed by atoms with van der Waals surface area (Å²) in [6.45, 7) is 11.9. The summed E-state index contributed by atoms with van der Waals surface area (Å²) < 4.78 is 1.98. The first-order valence-electron chi connectivity index (χ1n) is 4.47. The Balaban J connectivity index is 2.71. The van der Waals surface area contributed by atoms with Crippen LogP contribution >= 0.6 is 0 Å². The van der Waals surface area contributed by atoms with Crippen molar-refractivity contribution in [3.8, 4) is 0 Å². The molecule has 0 unspecified atom stereocenters. The lowest BCUT2D eigenvalue weighted by molar-refractivity contribution is 1.08. The lowest BCUT2D eigenvalue weighted by Gasteiger charge is -2.13. The van der Waals surface area contributed by atoms with Gasteiger partial charge in [0.2, 0.25) is 0 Å². The topological polar surface area (TPSA) is 29.3 Å². The highest BCUT2D eigenvalue weighted by Gasteiger charge is 2.17. The van der Waals surface area contributed by atoms with Crippen molar-refractivity contribution in [2.24, 2.45) is 4.99 Å². The molecule has 0 saturated heterocycles. The van der Waals surface area contributed by atoms with Crippen LogP contribution in [0.4, 0.5) is 5.82 Å². The lowest BCUT2D eigenvalue weighted by atomic mass is 10.1. The molecule has 0 atom stereocenters. The Morgan fingerprint density at radius 1 is 1.57 bits per heavy atom. The van der Waals surface area contributed by atoms with Gasteiger partial charge in [-0.3, -0.25) is 0 Å². The van der Waals surface area contributed by atoms with Gasteiger partial charge in [-0.2, -0.15) is 0 Å². The number of hydrogen-bond acceptors (Lipinski definition) is 2. The molecule has 0 radical (unpaired) electrons. The van der Waals surface area contributed by atoms with Gasteiger partial charge in [0.25, 0.3) is 0 Å². The summed E-state index contributed by atoms with van der Waals surface area (Å²) in [5.41, 5.74) is 4.10. The molecule has 1 aromatic heterocycles. The Morgan fingerprint density at radius 3 is 2.93 bits per heavy atom. The van der Waals surface area contributed by atoms with Crippen molar-refractivity contribution in [1.29, 1.82) is 0 Å². The van der Waals surface area contributed by atoms with Gasteiger partial charge < -0.3 is 9.88 Å². The molecule has 0 aromatic carbocycles. The molecule has 2 rings (SSSR count). The van der Waals surface area contributed by atoms with Crippen LogP contribution in [0.1, 0.15) is 18.1 Å². The zero-order valence-electron chi connectivity index (χ0n) is 8.46. The highest BCUT2D eigenvalue weighted by molar-refractivity contribution is 5.87. The first-order valence-corrected chi connectivity index (χ1v) is 4.47. The maximum absolute atomic E-state index is 4.29. The van der Waals surface area contributed by atoms with Crippen LogP contribution in [0.25, 0.3) is 11.4 Å². The predicted molar refractivity (Wildman–Crippen MR) is 60.5 cm³/mol. The minimum atomic E-state index is 0.896. The highest BCUT2D eigenvalue weighted by Crippen LogP contribution is 2.33. The normalized spacial score (nSPS) is 13.7. The molecule has 1 aliphatic rings. The van der Waals surface area contributed by atoms with Crippen LogP contribution in [-0.2, 0) is 0 Å². The van der Waals surface area contributed by atoms with Gasteiger partial charge in [0.15, 0.2) is 0 Å². The van der Waals surface area contributed by atoms with Gasteiger partial charge in [-0.25, -0.2) is 4.99 Å². The zero-order chi connectivity index (χ0) is 10.3. The summed E-state index contributed by atoms with van der Waals surface area (Å²) in [5.74, 6) is 0.916. The molecule has 0 aliphatic carbocycles. The molecule has 0 amide bonds. The number of nitrogens with one attached hydrogen (secondary N) is 1. The van der Waals surface area contributed by atoms with Crippen molar-refractivity contribution in [2.75, 3.05) is 0 Å². The number of aliphatic imine (C=N–C) groups is 1. The van der Waals surface area contributed by atoms with Crippen molar-refractivity contribution >= 4 is 23.6 Å². The first-order chi connectivity index (χ1) is 6.61. The standard InChI is InChI=1S/C11H13N3/c1-7(2)14-5-8(3)10-9(4)12-6-13-11(10)14/h5-6H,1,4H2,2-3H3,(H,12,13). The van der Waals surface area contributed by atoms with Crippen LogP contribution in [0.15, 0.2) is 24.3 Å². The van der Waals surface area contributed by atoms with Gasteiger partial charge in [-0.05, 0) is 19.4 Å². The van der Waals surface area contributed by atoms with E-state index in [0.717, 1.165) is 28.3 Å². The van der Waals surface area contributed by atoms with E-state index in [-0.39, 0.29) is 0 Å². The highest BCUT2D eigenvalue weighted by atomic mass is 15.1. The van der Waals surface area contributed by atoms with Crippen LogP contribution in [0.3, 0.4) is 0 Å². The number of fused-ring (bicyclic) bond motifs is 1. The number of aromatic nitrogens is 1. The molecule has 14 heavy (non-hydrogen) atoms. The molecule has 72 valence electrons. The van der Waals surface area contributed by atoms with E-state index < -0.39 is 0 Å². The molecule has 1 aliphatic heterocycles. The van der Waals surface area contributed by atoms with Gasteiger partial charge in [0.05, 0.1) is 6.34 Å². The van der Waals surface area contributed by atoms with Crippen LogP contribution in [0, 0.1) is 6.92 Å². The fourth-order valence-electron chi connectivity index (χ4n) is 1.65. The Hall–Kier alpha value is -1.77. The van der Waals surface area contributed by atoms with Crippen molar-refractivity contribution in [3.05, 3.63) is 30.5 Å². The van der Waals surface area contributed by atoms with E-state index in [1.165, 1.54) is 0 Å². The molecule has 1 N–H and O–H groups in total. The minimum Gasteiger partial charge on any atom is -0.346 e. The summed E-state index contributed by atoms with van der Waals surface area (Å²) in [5, 5.41) is 3.00. The SMILES string of the molecule is C=C1NC=Nc2c1c(C)cn2C(=C)C. The fraction of sp³-hybridized carbons (Fsp3) is 0.182. The third kappa shape index (κ3) is 1.09. The lowest BCUT2D eigenvalue weighted by Crippen LogP contribution is -2.12. The van der Waals surface area contributed by atoms with E-state index in [9.17, 15) is 0 Å². The summed E-state index contributed by atoms with van der Waals surface area (Å²) in [6, 6.07) is 0. The Kier molecular flexibility index (Phi) is 1.81. The summed E-state index contributed by atoms with van der Waals surface area (Å²) >= 11 is 0. The molecular weight excluding hydrogens is 174 g/mol. The molecule has 2 heterocycles. The van der Waals surface area contributed by atoms with Crippen molar-refractivity contribution < 1.29 is 0 Å². The summed E-state index contributed by atoms with van der Waals surface area (Å²) in [4.78, 5) is 4.29. The van der Waals surface area contributed by atoms with E-state index in [2.05, 4.69) is 23.5 Å². The first kappa shape index (κ1) is 8.81. The van der Waals surface area contributed by atoms with Crippen molar-refractivity contribution in [3.63, 3.8) is 0 Å². The van der Waals surface area contributed by atoms with E-state index in [1.54, 1.807) is 6.34 Å². The quantitative estimate of drug-likeness (QED) is 0.719. The van der Waals surface area contributed by atoms with Crippen LogP contribution in [-0.4, -0.2) is 10.9 Å². The van der Waals surface area contributed by atoms with Gasteiger partial charge >= 0.3 is 0 Å². The van der Waals surface area contributed by atoms with Gasteiger partial charge in [-0.15, -0.1) is 0 Å². The van der Waals surface area contributed by atoms with Gasteiger partial charge in [0.1, 0.15) is 5.82 Å². The average molecular weight is 187 g/mol. The second kappa shape index (κ2) is 2.87. The number of allylic oxidation sites excluding steroid dienone is 1. The van der Waals surface area contributed by atoms with Crippen LogP contribution < -0.4 is 5.32 Å². The summed E-state index contributed by atoms with van der Waals surface area (Å²) in [7, 11) is 0. The largest absolute Gasteiger partial charge is 0.346 e. The zero-order valence-corrected chi connectivity index (χ0v) is 8.46. The fourth-order valence-corrected chi connectivity index (χ4v) is 1.65. The third-order valence-corrected chi connectivity index (χ3v) is 2.31. The predicted octanol–water partition coefficient (Wildman–Crippen LogP) is 2.52. The average Bonchev–Trinajstić information content (AvgIpc) is 2.45. The Bertz CT molecular complexity index is 449. The molecule has 0 fully saturated rings. The van der Waals surface area contributed by atoms with Crippen molar-refractivity contribution in [1.82, 2.24) is 9.88 Å². The number of aryl methyl sites for hydroxylation is 1. The smallest absolute Gasteiger partial charge is 0.148 e. The second-order valence-electron chi connectivity index (χ2n) is 3.50. The molecule has 3 nitrogen and oxygen atoms in total. The van der Waals surface area contributed by atoms with E-state index in [4.69, 9.17) is 0 Å². The van der Waals surface area contributed by atoms with Crippen LogP contribution in [0.2, 0.25) is 0 Å². The maximum Gasteiger partial charge on any atom is 0.148 e. The number of rotatable bonds is 1. The molecular formula is C11H13N3. The number of nitrogens with zero attached hydrogens (tertiary/aromatic N) is 2. The molecule has 0 spiro atoms. The molecule has 0 saturated carbocycles. The molecule has 3 heteroatoms. The van der Waals surface area contributed by atoms with Crippen LogP contribution in [0.5, 0.6) is 0 Å². The van der Waals surface area contributed by atoms with Crippen molar-refractivity contribution in [2.45, 2.75) is 13.8 Å². The monoisotopic (exact) mass is 187 g/mol. The molecule has 0 bridgehead atoms. The van der Waals surface area contributed by atoms with E-state index in [1.807, 2.05) is 24.6 Å². The van der Waals surface area contributed by atoms with Gasteiger partial charge in [0, 0.05) is 23.2 Å². The Morgan fingerprint density at radius 2 is 2.29 bits per heavy atom. The van der Waals surface area contributed by atoms with Gasteiger partial charge in [-0.1, -0.05) is 13.2 Å². The second-order valence-corrected chi connectivity index (χ2v) is 3.50. The summed E-state index contributed by atoms with van der Waals surface area (Å²) in [6.07, 6.45) is 3.69. The third-order valence-electron chi connectivity index (χ3n) is 2.31. The van der Waals surface area contributed by atoms with E-state index >= 15 is 0 Å². The van der Waals surface area contributed by atoms with E-state index in [0.29, 0.717) is 0 Å². The maximum atomic E-state index is 4.29. The number of hydrogen-bond donors (Lipinski definition) is 1.